The number of halogens is 1. The summed E-state index contributed by atoms with van der Waals surface area (Å²) in [6, 6.07) is 1.90. The lowest BCUT2D eigenvalue weighted by molar-refractivity contribution is -0.115. The zero-order valence-corrected chi connectivity index (χ0v) is 15.4. The molecule has 5 heteroatoms. The van der Waals surface area contributed by atoms with Crippen molar-refractivity contribution in [2.45, 2.75) is 58.6 Å². The molecule has 24 heavy (non-hydrogen) atoms. The summed E-state index contributed by atoms with van der Waals surface area (Å²) < 4.78 is 5.82. The van der Waals surface area contributed by atoms with Gasteiger partial charge in [0.2, 0.25) is 0 Å². The van der Waals surface area contributed by atoms with Crippen LogP contribution in [0.3, 0.4) is 0 Å². The first kappa shape index (κ1) is 17.0. The third-order valence-electron chi connectivity index (χ3n) is 4.57. The van der Waals surface area contributed by atoms with Crippen molar-refractivity contribution in [2.75, 3.05) is 4.90 Å². The lowest BCUT2D eigenvalue weighted by Gasteiger charge is -2.33. The van der Waals surface area contributed by atoms with Crippen molar-refractivity contribution in [3.63, 3.8) is 0 Å². The number of allylic oxidation sites excluding steroid dienone is 1. The molecule has 0 bridgehead atoms. The molecule has 0 atom stereocenters. The zero-order chi connectivity index (χ0) is 17.5. The molecule has 1 aliphatic heterocycles. The van der Waals surface area contributed by atoms with Crippen molar-refractivity contribution in [1.29, 1.82) is 0 Å². The molecule has 3 rings (SSSR count). The van der Waals surface area contributed by atoms with Gasteiger partial charge in [0.05, 0.1) is 29.7 Å². The summed E-state index contributed by atoms with van der Waals surface area (Å²) in [5, 5.41) is 0.746. The van der Waals surface area contributed by atoms with Gasteiger partial charge in [0.15, 0.2) is 0 Å². The Morgan fingerprint density at radius 2 is 2.17 bits per heavy atom. The summed E-state index contributed by atoms with van der Waals surface area (Å²) in [6.07, 6.45) is 8.55. The van der Waals surface area contributed by atoms with E-state index in [2.05, 4.69) is 4.98 Å². The largest absolute Gasteiger partial charge is 0.489 e. The zero-order valence-electron chi connectivity index (χ0n) is 14.6. The Balaban J connectivity index is 1.96. The van der Waals surface area contributed by atoms with Gasteiger partial charge in [-0.1, -0.05) is 18.5 Å². The summed E-state index contributed by atoms with van der Waals surface area (Å²) in [6.45, 7) is 7.91. The van der Waals surface area contributed by atoms with E-state index in [0.717, 1.165) is 41.1 Å². The number of anilines is 1. The average molecular weight is 347 g/mol. The maximum Gasteiger partial charge on any atom is 0.255 e. The standard InChI is InChI=1S/C19H23ClN2O2/c1-5-13(20)8-17-12(2)18(23)22(19(17,3)4)14-9-16(11-21-10-14)24-15-6-7-15/h8-11,15H,5-7H2,1-4H3. The lowest BCUT2D eigenvalue weighted by atomic mass is 9.92. The molecule has 1 amide bonds. The summed E-state index contributed by atoms with van der Waals surface area (Å²) >= 11 is 6.23. The molecule has 4 nitrogen and oxygen atoms in total. The highest BCUT2D eigenvalue weighted by atomic mass is 35.5. The van der Waals surface area contributed by atoms with Crippen molar-refractivity contribution >= 4 is 23.2 Å². The van der Waals surface area contributed by atoms with E-state index in [4.69, 9.17) is 16.3 Å². The van der Waals surface area contributed by atoms with Gasteiger partial charge >= 0.3 is 0 Å². The van der Waals surface area contributed by atoms with Crippen LogP contribution in [0.25, 0.3) is 0 Å². The number of ether oxygens (including phenoxy) is 1. The van der Waals surface area contributed by atoms with Gasteiger partial charge in [-0.3, -0.25) is 14.7 Å². The van der Waals surface area contributed by atoms with Crippen molar-refractivity contribution in [3.05, 3.63) is 40.7 Å². The number of hydrogen-bond donors (Lipinski definition) is 0. The fourth-order valence-corrected chi connectivity index (χ4v) is 3.18. The summed E-state index contributed by atoms with van der Waals surface area (Å²) in [5.41, 5.74) is 1.93. The Hall–Kier alpha value is -1.81. The van der Waals surface area contributed by atoms with E-state index in [1.165, 1.54) is 0 Å². The number of pyridine rings is 1. The molecule has 0 spiro atoms. The quantitative estimate of drug-likeness (QED) is 0.782. The highest BCUT2D eigenvalue weighted by Gasteiger charge is 2.43. The molecule has 2 aliphatic rings. The smallest absolute Gasteiger partial charge is 0.255 e. The number of nitrogens with zero attached hydrogens (tertiary/aromatic N) is 2. The third-order valence-corrected chi connectivity index (χ3v) is 4.95. The number of rotatable bonds is 5. The first-order chi connectivity index (χ1) is 11.3. The Morgan fingerprint density at radius 3 is 2.79 bits per heavy atom. The average Bonchev–Trinajstić information content (AvgIpc) is 3.32. The topological polar surface area (TPSA) is 42.4 Å². The molecule has 1 fully saturated rings. The van der Waals surface area contributed by atoms with Crippen LogP contribution in [0.4, 0.5) is 5.69 Å². The van der Waals surface area contributed by atoms with E-state index in [0.29, 0.717) is 11.9 Å². The number of hydrogen-bond acceptors (Lipinski definition) is 3. The molecule has 1 aliphatic carbocycles. The van der Waals surface area contributed by atoms with Crippen LogP contribution in [-0.2, 0) is 4.79 Å². The van der Waals surface area contributed by atoms with Crippen LogP contribution in [0, 0.1) is 0 Å². The minimum Gasteiger partial charge on any atom is -0.489 e. The van der Waals surface area contributed by atoms with Gasteiger partial charge in [0.1, 0.15) is 5.75 Å². The van der Waals surface area contributed by atoms with E-state index in [1.54, 1.807) is 17.3 Å². The number of aromatic nitrogens is 1. The van der Waals surface area contributed by atoms with Crippen molar-refractivity contribution < 1.29 is 9.53 Å². The van der Waals surface area contributed by atoms with Gasteiger partial charge in [-0.05, 0) is 51.7 Å². The van der Waals surface area contributed by atoms with Gasteiger partial charge in [-0.25, -0.2) is 0 Å². The molecule has 0 unspecified atom stereocenters. The highest BCUT2D eigenvalue weighted by molar-refractivity contribution is 6.29. The van der Waals surface area contributed by atoms with Crippen LogP contribution < -0.4 is 9.64 Å². The SMILES string of the molecule is CCC(Cl)=CC1=C(C)C(=O)N(c2cncc(OC3CC3)c2)C1(C)C. The molecule has 1 aromatic rings. The molecule has 1 saturated carbocycles. The van der Waals surface area contributed by atoms with E-state index >= 15 is 0 Å². The Kier molecular flexibility index (Phi) is 4.43. The van der Waals surface area contributed by atoms with Crippen molar-refractivity contribution in [1.82, 2.24) is 4.98 Å². The molecule has 1 aromatic heterocycles. The van der Waals surface area contributed by atoms with Gasteiger partial charge in [0.25, 0.3) is 5.91 Å². The second kappa shape index (κ2) is 6.25. The third kappa shape index (κ3) is 3.07. The molecular formula is C19H23ClN2O2. The predicted molar refractivity (Wildman–Crippen MR) is 96.4 cm³/mol. The molecule has 2 heterocycles. The van der Waals surface area contributed by atoms with E-state index < -0.39 is 5.54 Å². The fraction of sp³-hybridized carbons (Fsp3) is 0.474. The molecule has 0 radical (unpaired) electrons. The minimum absolute atomic E-state index is 0.0165. The number of carbonyl (C=O) groups excluding carboxylic acids is 1. The van der Waals surface area contributed by atoms with Gasteiger partial charge in [0, 0.05) is 16.7 Å². The molecule has 0 saturated heterocycles. The first-order valence-electron chi connectivity index (χ1n) is 8.38. The normalized spacial score (nSPS) is 20.8. The highest BCUT2D eigenvalue weighted by Crippen LogP contribution is 2.41. The van der Waals surface area contributed by atoms with Crippen LogP contribution in [-0.4, -0.2) is 22.5 Å². The summed E-state index contributed by atoms with van der Waals surface area (Å²) in [4.78, 5) is 18.9. The summed E-state index contributed by atoms with van der Waals surface area (Å²) in [7, 11) is 0. The lowest BCUT2D eigenvalue weighted by Crippen LogP contribution is -2.43. The van der Waals surface area contributed by atoms with E-state index in [9.17, 15) is 4.79 Å². The maximum atomic E-state index is 12.9. The van der Waals surface area contributed by atoms with Crippen molar-refractivity contribution in [2.24, 2.45) is 0 Å². The van der Waals surface area contributed by atoms with E-state index in [-0.39, 0.29) is 5.91 Å². The second-order valence-corrected chi connectivity index (χ2v) is 7.36. The fourth-order valence-electron chi connectivity index (χ4n) is 3.07. The Labute approximate surface area is 148 Å². The molecule has 0 aromatic carbocycles. The van der Waals surface area contributed by atoms with Crippen LogP contribution in [0.15, 0.2) is 40.7 Å². The monoisotopic (exact) mass is 346 g/mol. The second-order valence-electron chi connectivity index (χ2n) is 6.88. The van der Waals surface area contributed by atoms with E-state index in [1.807, 2.05) is 39.8 Å². The van der Waals surface area contributed by atoms with Crippen LogP contribution in [0.5, 0.6) is 5.75 Å². The van der Waals surface area contributed by atoms with Crippen molar-refractivity contribution in [3.8, 4) is 5.75 Å². The maximum absolute atomic E-state index is 12.9. The van der Waals surface area contributed by atoms with Gasteiger partial charge in [-0.15, -0.1) is 0 Å². The minimum atomic E-state index is -0.490. The summed E-state index contributed by atoms with van der Waals surface area (Å²) in [5.74, 6) is 0.698. The van der Waals surface area contributed by atoms with Gasteiger partial charge in [-0.2, -0.15) is 0 Å². The first-order valence-corrected chi connectivity index (χ1v) is 8.76. The molecular weight excluding hydrogens is 324 g/mol. The molecule has 0 N–H and O–H groups in total. The number of amides is 1. The van der Waals surface area contributed by atoms with Crippen LogP contribution >= 0.6 is 11.6 Å². The van der Waals surface area contributed by atoms with Gasteiger partial charge < -0.3 is 4.74 Å². The van der Waals surface area contributed by atoms with Crippen LogP contribution in [0.1, 0.15) is 47.0 Å². The Bertz CT molecular complexity index is 733. The Morgan fingerprint density at radius 1 is 1.46 bits per heavy atom. The van der Waals surface area contributed by atoms with Crippen LogP contribution in [0.2, 0.25) is 0 Å². The molecule has 128 valence electrons. The predicted octanol–water partition coefficient (Wildman–Crippen LogP) is 4.60. The number of carbonyl (C=O) groups is 1.